The minimum Gasteiger partial charge on any atom is -0.370 e. The van der Waals surface area contributed by atoms with Crippen LogP contribution in [0.5, 0.6) is 0 Å². The third kappa shape index (κ3) is 6.40. The molecule has 33 heavy (non-hydrogen) atoms. The van der Waals surface area contributed by atoms with E-state index in [2.05, 4.69) is 20.3 Å². The van der Waals surface area contributed by atoms with E-state index in [1.54, 1.807) is 6.07 Å². The zero-order valence-electron chi connectivity index (χ0n) is 17.2. The Morgan fingerprint density at radius 2 is 2.06 bits per heavy atom. The number of aromatic nitrogens is 3. The molecule has 2 aliphatic rings. The molecular formula is C20H21ClF4N4O4. The lowest BCUT2D eigenvalue weighted by molar-refractivity contribution is -0.357. The van der Waals surface area contributed by atoms with Crippen molar-refractivity contribution in [2.45, 2.75) is 56.4 Å². The van der Waals surface area contributed by atoms with Crippen molar-refractivity contribution in [1.82, 2.24) is 20.3 Å². The van der Waals surface area contributed by atoms with Gasteiger partial charge in [0.1, 0.15) is 24.2 Å². The van der Waals surface area contributed by atoms with Gasteiger partial charge in [-0.3, -0.25) is 9.53 Å². The molecule has 13 heteroatoms. The molecule has 4 rings (SSSR count). The van der Waals surface area contributed by atoms with E-state index in [0.29, 0.717) is 24.2 Å². The Morgan fingerprint density at radius 1 is 1.27 bits per heavy atom. The topological polar surface area (TPSA) is 87.5 Å². The van der Waals surface area contributed by atoms with Gasteiger partial charge in [0, 0.05) is 18.9 Å². The number of carbonyl (C=O) groups excluding carboxylic acids is 1. The van der Waals surface area contributed by atoms with Crippen LogP contribution in [0.3, 0.4) is 0 Å². The molecule has 1 aliphatic heterocycles. The van der Waals surface area contributed by atoms with Gasteiger partial charge in [0.2, 0.25) is 5.91 Å². The molecule has 0 bridgehead atoms. The first-order chi connectivity index (χ1) is 15.7. The number of carbonyl (C=O) groups is 1. The van der Waals surface area contributed by atoms with Crippen molar-refractivity contribution in [1.29, 1.82) is 0 Å². The van der Waals surface area contributed by atoms with Crippen LogP contribution in [-0.4, -0.2) is 58.7 Å². The second kappa shape index (κ2) is 9.92. The maximum Gasteiger partial charge on any atom is 0.522 e. The lowest BCUT2D eigenvalue weighted by atomic mass is 9.92. The summed E-state index contributed by atoms with van der Waals surface area (Å²) in [6.45, 7) is 0.0130. The summed E-state index contributed by atoms with van der Waals surface area (Å²) in [6, 6.07) is 4.02. The number of amides is 1. The van der Waals surface area contributed by atoms with Crippen LogP contribution in [0.2, 0.25) is 5.02 Å². The van der Waals surface area contributed by atoms with Gasteiger partial charge < -0.3 is 14.8 Å². The van der Waals surface area contributed by atoms with Gasteiger partial charge >= 0.3 is 6.36 Å². The fraction of sp³-hybridized carbons (Fsp3) is 0.550. The van der Waals surface area contributed by atoms with Gasteiger partial charge in [-0.15, -0.1) is 13.2 Å². The molecule has 1 amide bonds. The number of hydrogen-bond acceptors (Lipinski definition) is 6. The smallest absolute Gasteiger partial charge is 0.370 e. The fourth-order valence-electron chi connectivity index (χ4n) is 3.66. The normalized spacial score (nSPS) is 25.5. The summed E-state index contributed by atoms with van der Waals surface area (Å²) in [4.78, 5) is 13.3. The molecule has 1 aliphatic carbocycles. The minimum atomic E-state index is -4.66. The van der Waals surface area contributed by atoms with E-state index < -0.39 is 24.4 Å². The van der Waals surface area contributed by atoms with Crippen molar-refractivity contribution in [2.75, 3.05) is 13.2 Å². The van der Waals surface area contributed by atoms with Crippen molar-refractivity contribution in [2.24, 2.45) is 0 Å². The molecule has 1 saturated carbocycles. The van der Waals surface area contributed by atoms with E-state index in [9.17, 15) is 22.4 Å². The zero-order chi connectivity index (χ0) is 23.6. The van der Waals surface area contributed by atoms with E-state index >= 15 is 0 Å². The quantitative estimate of drug-likeness (QED) is 0.595. The average molecular weight is 493 g/mol. The Balaban J connectivity index is 1.17. The Kier molecular flexibility index (Phi) is 7.17. The Bertz CT molecular complexity index is 975. The Morgan fingerprint density at radius 3 is 2.73 bits per heavy atom. The molecule has 0 unspecified atom stereocenters. The van der Waals surface area contributed by atoms with Gasteiger partial charge in [0.05, 0.1) is 41.8 Å². The van der Waals surface area contributed by atoms with Crippen molar-refractivity contribution >= 4 is 17.5 Å². The van der Waals surface area contributed by atoms with Crippen molar-refractivity contribution < 1.29 is 36.6 Å². The lowest BCUT2D eigenvalue weighted by Gasteiger charge is -2.35. The molecule has 180 valence electrons. The predicted octanol–water partition coefficient (Wildman–Crippen LogP) is 3.48. The number of benzene rings is 1. The molecule has 0 spiro atoms. The SMILES string of the molecule is O=C(CO[C@H]1C[C@@H](OC(F)(F)F)C1)N[C@H]1CC[C@H](c2cnn(-c3ccc(Cl)c(F)c3)n2)OC1. The Hall–Kier alpha value is -2.28. The highest BCUT2D eigenvalue weighted by atomic mass is 35.5. The molecule has 1 N–H and O–H groups in total. The molecule has 2 aromatic rings. The first kappa shape index (κ1) is 23.9. The third-order valence-electron chi connectivity index (χ3n) is 5.42. The highest BCUT2D eigenvalue weighted by Crippen LogP contribution is 2.32. The molecule has 2 atom stereocenters. The van der Waals surface area contributed by atoms with Crippen LogP contribution < -0.4 is 5.32 Å². The second-order valence-electron chi connectivity index (χ2n) is 7.91. The van der Waals surface area contributed by atoms with Gasteiger partial charge in [0.15, 0.2) is 0 Å². The van der Waals surface area contributed by atoms with E-state index in [0.717, 1.165) is 0 Å². The predicted molar refractivity (Wildman–Crippen MR) is 106 cm³/mol. The number of nitrogens with zero attached hydrogens (tertiary/aromatic N) is 3. The highest BCUT2D eigenvalue weighted by molar-refractivity contribution is 6.30. The third-order valence-corrected chi connectivity index (χ3v) is 5.72. The molecular weight excluding hydrogens is 472 g/mol. The molecule has 2 heterocycles. The minimum absolute atomic E-state index is 0.00702. The molecule has 1 aromatic heterocycles. The van der Waals surface area contributed by atoms with E-state index in [1.807, 2.05) is 0 Å². The van der Waals surface area contributed by atoms with Crippen LogP contribution in [0.25, 0.3) is 5.69 Å². The first-order valence-electron chi connectivity index (χ1n) is 10.3. The summed E-state index contributed by atoms with van der Waals surface area (Å²) in [6.07, 6.45) is -3.37. The van der Waals surface area contributed by atoms with Gasteiger partial charge in [0.25, 0.3) is 0 Å². The maximum atomic E-state index is 13.7. The number of alkyl halides is 3. The molecule has 0 radical (unpaired) electrons. The number of nitrogens with one attached hydrogen (secondary N) is 1. The zero-order valence-corrected chi connectivity index (χ0v) is 18.0. The van der Waals surface area contributed by atoms with E-state index in [-0.39, 0.29) is 49.1 Å². The van der Waals surface area contributed by atoms with Crippen LogP contribution in [0.15, 0.2) is 24.4 Å². The summed E-state index contributed by atoms with van der Waals surface area (Å²) in [7, 11) is 0. The van der Waals surface area contributed by atoms with Crippen LogP contribution in [0.4, 0.5) is 17.6 Å². The van der Waals surface area contributed by atoms with E-state index in [1.165, 1.54) is 23.1 Å². The van der Waals surface area contributed by atoms with Crippen molar-refractivity contribution in [3.05, 3.63) is 40.9 Å². The van der Waals surface area contributed by atoms with Crippen LogP contribution in [0, 0.1) is 5.82 Å². The van der Waals surface area contributed by atoms with Crippen LogP contribution in [0.1, 0.15) is 37.5 Å². The molecule has 1 saturated heterocycles. The summed E-state index contributed by atoms with van der Waals surface area (Å²) < 4.78 is 65.0. The first-order valence-corrected chi connectivity index (χ1v) is 10.7. The highest BCUT2D eigenvalue weighted by Gasteiger charge is 2.40. The maximum absolute atomic E-state index is 13.7. The van der Waals surface area contributed by atoms with Crippen molar-refractivity contribution in [3.63, 3.8) is 0 Å². The number of hydrogen-bond donors (Lipinski definition) is 1. The summed E-state index contributed by atoms with van der Waals surface area (Å²) in [5.74, 6) is -0.936. The van der Waals surface area contributed by atoms with E-state index in [4.69, 9.17) is 21.1 Å². The lowest BCUT2D eigenvalue weighted by Crippen LogP contribution is -2.45. The number of rotatable bonds is 7. The molecule has 2 fully saturated rings. The summed E-state index contributed by atoms with van der Waals surface area (Å²) in [5.41, 5.74) is 1.01. The number of halogens is 5. The number of ether oxygens (including phenoxy) is 3. The summed E-state index contributed by atoms with van der Waals surface area (Å²) >= 11 is 5.69. The molecule has 8 nitrogen and oxygen atoms in total. The second-order valence-corrected chi connectivity index (χ2v) is 8.32. The Labute approximate surface area is 191 Å². The van der Waals surface area contributed by atoms with Gasteiger partial charge in [-0.2, -0.15) is 15.0 Å². The van der Waals surface area contributed by atoms with Crippen molar-refractivity contribution in [3.8, 4) is 5.69 Å². The summed E-state index contributed by atoms with van der Waals surface area (Å²) in [5, 5.41) is 11.3. The van der Waals surface area contributed by atoms with Gasteiger partial charge in [-0.25, -0.2) is 4.39 Å². The van der Waals surface area contributed by atoms with Gasteiger partial charge in [-0.1, -0.05) is 11.6 Å². The largest absolute Gasteiger partial charge is 0.522 e. The average Bonchev–Trinajstić information content (AvgIpc) is 3.21. The van der Waals surface area contributed by atoms with Crippen LogP contribution >= 0.6 is 11.6 Å². The van der Waals surface area contributed by atoms with Gasteiger partial charge in [-0.05, 0) is 25.0 Å². The fourth-order valence-corrected chi connectivity index (χ4v) is 3.77. The standard InChI is InChI=1S/C20H21ClF4N4O4/c21-15-3-2-12(5-16(15)22)29-26-8-17(28-29)18-4-1-11(9-32-18)27-19(30)10-31-13-6-14(7-13)33-20(23,24)25/h2-3,5,8,11,13-14,18H,1,4,6-7,9-10H2,(H,27,30)/t11-,13-,14+,18+/m0/s1. The molecule has 1 aromatic carbocycles. The monoisotopic (exact) mass is 492 g/mol. The van der Waals surface area contributed by atoms with Crippen LogP contribution in [-0.2, 0) is 19.0 Å².